The molecular weight excluding hydrogens is 202 g/mol. The van der Waals surface area contributed by atoms with E-state index >= 15 is 0 Å². The topological polar surface area (TPSA) is 38.3 Å². The van der Waals surface area contributed by atoms with E-state index in [1.807, 2.05) is 30.3 Å². The highest BCUT2D eigenvalue weighted by molar-refractivity contribution is 5.90. The first-order valence-electron chi connectivity index (χ1n) is 5.31. The Kier molecular flexibility index (Phi) is 5.12. The van der Waals surface area contributed by atoms with Gasteiger partial charge in [-0.25, -0.2) is 0 Å². The van der Waals surface area contributed by atoms with Crippen LogP contribution >= 0.6 is 0 Å². The van der Waals surface area contributed by atoms with E-state index in [2.05, 4.69) is 11.9 Å². The zero-order valence-electron chi connectivity index (χ0n) is 9.53. The Morgan fingerprint density at radius 2 is 2.12 bits per heavy atom. The van der Waals surface area contributed by atoms with Crippen molar-refractivity contribution in [1.29, 1.82) is 0 Å². The van der Waals surface area contributed by atoms with Crippen LogP contribution in [-0.2, 0) is 4.79 Å². The van der Waals surface area contributed by atoms with Gasteiger partial charge in [-0.1, -0.05) is 6.08 Å². The lowest BCUT2D eigenvalue weighted by molar-refractivity contribution is -0.116. The molecule has 0 spiro atoms. The van der Waals surface area contributed by atoms with E-state index in [4.69, 9.17) is 4.74 Å². The highest BCUT2D eigenvalue weighted by Gasteiger charge is 2.01. The number of amides is 1. The minimum Gasteiger partial charge on any atom is -0.497 e. The lowest BCUT2D eigenvalue weighted by Crippen LogP contribution is -2.10. The molecule has 3 nitrogen and oxygen atoms in total. The van der Waals surface area contributed by atoms with Gasteiger partial charge in [0.1, 0.15) is 5.75 Å². The summed E-state index contributed by atoms with van der Waals surface area (Å²) in [7, 11) is 1.61. The van der Waals surface area contributed by atoms with Crippen LogP contribution in [0.2, 0.25) is 0 Å². The van der Waals surface area contributed by atoms with Gasteiger partial charge in [-0.2, -0.15) is 0 Å². The zero-order valence-corrected chi connectivity index (χ0v) is 9.53. The molecule has 0 fully saturated rings. The predicted octanol–water partition coefficient (Wildman–Crippen LogP) is 2.99. The normalized spacial score (nSPS) is 9.56. The lowest BCUT2D eigenvalue weighted by Gasteiger charge is -2.05. The van der Waals surface area contributed by atoms with Gasteiger partial charge in [-0.15, -0.1) is 6.58 Å². The Morgan fingerprint density at radius 1 is 1.44 bits per heavy atom. The van der Waals surface area contributed by atoms with E-state index in [1.165, 1.54) is 0 Å². The van der Waals surface area contributed by atoms with Gasteiger partial charge in [0.2, 0.25) is 5.91 Å². The molecule has 1 aromatic rings. The van der Waals surface area contributed by atoms with Gasteiger partial charge >= 0.3 is 0 Å². The van der Waals surface area contributed by atoms with E-state index in [0.717, 1.165) is 24.3 Å². The number of benzene rings is 1. The minimum atomic E-state index is 0.0343. The monoisotopic (exact) mass is 219 g/mol. The summed E-state index contributed by atoms with van der Waals surface area (Å²) >= 11 is 0. The van der Waals surface area contributed by atoms with Gasteiger partial charge in [0.15, 0.2) is 0 Å². The molecule has 0 unspecified atom stereocenters. The van der Waals surface area contributed by atoms with Crippen LogP contribution in [0.3, 0.4) is 0 Å². The summed E-state index contributed by atoms with van der Waals surface area (Å²) in [5, 5.41) is 2.82. The molecule has 0 radical (unpaired) electrons. The first-order chi connectivity index (χ1) is 7.76. The average molecular weight is 219 g/mol. The highest BCUT2D eigenvalue weighted by Crippen LogP contribution is 2.15. The smallest absolute Gasteiger partial charge is 0.224 e. The largest absolute Gasteiger partial charge is 0.497 e. The fourth-order valence-electron chi connectivity index (χ4n) is 1.30. The number of rotatable bonds is 6. The lowest BCUT2D eigenvalue weighted by atomic mass is 10.2. The second kappa shape index (κ2) is 6.67. The van der Waals surface area contributed by atoms with Gasteiger partial charge < -0.3 is 10.1 Å². The molecule has 1 aromatic carbocycles. The summed E-state index contributed by atoms with van der Waals surface area (Å²) in [6, 6.07) is 7.28. The van der Waals surface area contributed by atoms with E-state index < -0.39 is 0 Å². The van der Waals surface area contributed by atoms with Crippen molar-refractivity contribution in [3.8, 4) is 5.75 Å². The quantitative estimate of drug-likeness (QED) is 0.590. The molecule has 1 amide bonds. The Bertz CT molecular complexity index is 343. The Balaban J connectivity index is 2.40. The van der Waals surface area contributed by atoms with Crippen molar-refractivity contribution in [2.45, 2.75) is 19.3 Å². The standard InChI is InChI=1S/C13H17NO2/c1-3-4-5-6-13(15)14-11-7-9-12(16-2)10-8-11/h3,7-10H,1,4-6H2,2H3,(H,14,15). The summed E-state index contributed by atoms with van der Waals surface area (Å²) in [5.41, 5.74) is 0.796. The highest BCUT2D eigenvalue weighted by atomic mass is 16.5. The molecule has 0 atom stereocenters. The molecule has 3 heteroatoms. The molecule has 0 heterocycles. The Labute approximate surface area is 96.1 Å². The molecule has 0 saturated heterocycles. The molecule has 0 aliphatic heterocycles. The summed E-state index contributed by atoms with van der Waals surface area (Å²) in [6.07, 6.45) is 4.06. The van der Waals surface area contributed by atoms with Crippen LogP contribution in [0, 0.1) is 0 Å². The van der Waals surface area contributed by atoms with E-state index in [0.29, 0.717) is 6.42 Å². The summed E-state index contributed by atoms with van der Waals surface area (Å²) in [4.78, 5) is 11.5. The summed E-state index contributed by atoms with van der Waals surface area (Å²) in [6.45, 7) is 3.62. The van der Waals surface area contributed by atoms with Gasteiger partial charge in [-0.05, 0) is 37.1 Å². The number of carbonyl (C=O) groups excluding carboxylic acids is 1. The van der Waals surface area contributed by atoms with Crippen molar-refractivity contribution in [3.05, 3.63) is 36.9 Å². The van der Waals surface area contributed by atoms with Gasteiger partial charge in [0.05, 0.1) is 7.11 Å². The van der Waals surface area contributed by atoms with Crippen molar-refractivity contribution in [2.75, 3.05) is 12.4 Å². The van der Waals surface area contributed by atoms with Crippen molar-refractivity contribution in [3.63, 3.8) is 0 Å². The van der Waals surface area contributed by atoms with Crippen molar-refractivity contribution in [1.82, 2.24) is 0 Å². The Hall–Kier alpha value is -1.77. The number of carbonyl (C=O) groups is 1. The SMILES string of the molecule is C=CCCCC(=O)Nc1ccc(OC)cc1. The third kappa shape index (κ3) is 4.17. The first-order valence-corrected chi connectivity index (χ1v) is 5.31. The number of nitrogens with one attached hydrogen (secondary N) is 1. The second-order valence-corrected chi connectivity index (χ2v) is 3.46. The number of anilines is 1. The fourth-order valence-corrected chi connectivity index (χ4v) is 1.30. The van der Waals surface area contributed by atoms with Crippen LogP contribution in [0.25, 0.3) is 0 Å². The second-order valence-electron chi connectivity index (χ2n) is 3.46. The van der Waals surface area contributed by atoms with Gasteiger partial charge in [-0.3, -0.25) is 4.79 Å². The summed E-state index contributed by atoms with van der Waals surface area (Å²) < 4.78 is 5.03. The maximum atomic E-state index is 11.5. The third-order valence-corrected chi connectivity index (χ3v) is 2.19. The van der Waals surface area contributed by atoms with Crippen LogP contribution in [0.4, 0.5) is 5.69 Å². The third-order valence-electron chi connectivity index (χ3n) is 2.19. The van der Waals surface area contributed by atoms with Crippen LogP contribution < -0.4 is 10.1 Å². The van der Waals surface area contributed by atoms with Crippen LogP contribution in [0.15, 0.2) is 36.9 Å². The summed E-state index contributed by atoms with van der Waals surface area (Å²) in [5.74, 6) is 0.816. The number of unbranched alkanes of at least 4 members (excludes halogenated alkanes) is 1. The van der Waals surface area contributed by atoms with E-state index in [-0.39, 0.29) is 5.91 Å². The molecule has 1 N–H and O–H groups in total. The molecule has 0 saturated carbocycles. The molecule has 0 aliphatic carbocycles. The van der Waals surface area contributed by atoms with Crippen molar-refractivity contribution < 1.29 is 9.53 Å². The Morgan fingerprint density at radius 3 is 2.69 bits per heavy atom. The maximum absolute atomic E-state index is 11.5. The molecule has 0 aliphatic rings. The van der Waals surface area contributed by atoms with Crippen molar-refractivity contribution in [2.24, 2.45) is 0 Å². The number of allylic oxidation sites excluding steroid dienone is 1. The van der Waals surface area contributed by atoms with Crippen LogP contribution in [0.5, 0.6) is 5.75 Å². The minimum absolute atomic E-state index is 0.0343. The fraction of sp³-hybridized carbons (Fsp3) is 0.308. The van der Waals surface area contributed by atoms with Crippen LogP contribution in [-0.4, -0.2) is 13.0 Å². The first kappa shape index (κ1) is 12.3. The van der Waals surface area contributed by atoms with E-state index in [9.17, 15) is 4.79 Å². The number of ether oxygens (including phenoxy) is 1. The molecule has 16 heavy (non-hydrogen) atoms. The van der Waals surface area contributed by atoms with Crippen molar-refractivity contribution >= 4 is 11.6 Å². The average Bonchev–Trinajstić information content (AvgIpc) is 2.30. The molecule has 0 aromatic heterocycles. The van der Waals surface area contributed by atoms with E-state index in [1.54, 1.807) is 7.11 Å². The predicted molar refractivity (Wildman–Crippen MR) is 65.7 cm³/mol. The van der Waals surface area contributed by atoms with Crippen LogP contribution in [0.1, 0.15) is 19.3 Å². The van der Waals surface area contributed by atoms with Gasteiger partial charge in [0, 0.05) is 12.1 Å². The number of hydrogen-bond donors (Lipinski definition) is 1. The molecule has 1 rings (SSSR count). The zero-order chi connectivity index (χ0) is 11.8. The number of methoxy groups -OCH3 is 1. The molecule has 86 valence electrons. The maximum Gasteiger partial charge on any atom is 0.224 e. The molecule has 0 bridgehead atoms. The number of hydrogen-bond acceptors (Lipinski definition) is 2. The molecular formula is C13H17NO2. The van der Waals surface area contributed by atoms with Gasteiger partial charge in [0.25, 0.3) is 0 Å².